The topological polar surface area (TPSA) is 46.2 Å². The molecule has 0 unspecified atom stereocenters. The van der Waals surface area contributed by atoms with Gasteiger partial charge in [0.15, 0.2) is 0 Å². The van der Waals surface area contributed by atoms with Crippen molar-refractivity contribution in [3.63, 3.8) is 0 Å². The van der Waals surface area contributed by atoms with Gasteiger partial charge in [0, 0.05) is 6.04 Å². The van der Waals surface area contributed by atoms with Crippen LogP contribution in [0, 0.1) is 5.82 Å². The third-order valence-corrected chi connectivity index (χ3v) is 2.87. The summed E-state index contributed by atoms with van der Waals surface area (Å²) in [6.07, 6.45) is 2.55. The van der Waals surface area contributed by atoms with Crippen LogP contribution in [-0.2, 0) is 13.0 Å². The Bertz CT molecular complexity index is 351. The van der Waals surface area contributed by atoms with E-state index in [0.717, 1.165) is 30.4 Å². The van der Waals surface area contributed by atoms with Crippen LogP contribution in [0.25, 0.3) is 0 Å². The van der Waals surface area contributed by atoms with Gasteiger partial charge in [0.2, 0.25) is 0 Å². The zero-order valence-corrected chi connectivity index (χ0v) is 7.96. The summed E-state index contributed by atoms with van der Waals surface area (Å²) in [4.78, 5) is 0. The van der Waals surface area contributed by atoms with Gasteiger partial charge in [0.05, 0.1) is 6.61 Å². The number of aliphatic hydroxyl groups excluding tert-OH is 1. The highest BCUT2D eigenvalue weighted by Crippen LogP contribution is 2.32. The van der Waals surface area contributed by atoms with Gasteiger partial charge in [-0.15, -0.1) is 0 Å². The van der Waals surface area contributed by atoms with Gasteiger partial charge in [-0.1, -0.05) is 6.07 Å². The lowest BCUT2D eigenvalue weighted by Gasteiger charge is -2.25. The highest BCUT2D eigenvalue weighted by Gasteiger charge is 2.22. The number of fused-ring (bicyclic) bond motifs is 1. The van der Waals surface area contributed by atoms with E-state index >= 15 is 0 Å². The molecule has 1 aliphatic carbocycles. The molecule has 0 spiro atoms. The van der Waals surface area contributed by atoms with Crippen molar-refractivity contribution < 1.29 is 9.50 Å². The summed E-state index contributed by atoms with van der Waals surface area (Å²) in [6.45, 7) is -0.0592. The van der Waals surface area contributed by atoms with Gasteiger partial charge >= 0.3 is 0 Å². The van der Waals surface area contributed by atoms with E-state index in [4.69, 9.17) is 10.8 Å². The monoisotopic (exact) mass is 195 g/mol. The summed E-state index contributed by atoms with van der Waals surface area (Å²) in [5, 5.41) is 9.12. The van der Waals surface area contributed by atoms with Crippen LogP contribution in [0.5, 0.6) is 0 Å². The molecule has 1 aromatic carbocycles. The number of nitrogens with two attached hydrogens (primary N) is 1. The Hall–Kier alpha value is -0.930. The summed E-state index contributed by atoms with van der Waals surface area (Å²) >= 11 is 0. The molecule has 0 bridgehead atoms. The fourth-order valence-electron chi connectivity index (χ4n) is 2.18. The molecule has 1 atom stereocenters. The van der Waals surface area contributed by atoms with E-state index in [9.17, 15) is 4.39 Å². The normalized spacial score (nSPS) is 20.6. The first-order valence-corrected chi connectivity index (χ1v) is 4.90. The lowest BCUT2D eigenvalue weighted by molar-refractivity contribution is 0.278. The Morgan fingerprint density at radius 1 is 1.50 bits per heavy atom. The molecule has 3 heteroatoms. The maximum Gasteiger partial charge on any atom is 0.126 e. The first-order valence-electron chi connectivity index (χ1n) is 4.90. The van der Waals surface area contributed by atoms with E-state index in [2.05, 4.69) is 0 Å². The largest absolute Gasteiger partial charge is 0.392 e. The van der Waals surface area contributed by atoms with Crippen LogP contribution in [0.3, 0.4) is 0 Å². The van der Waals surface area contributed by atoms with Crippen molar-refractivity contribution in [3.8, 4) is 0 Å². The smallest absolute Gasteiger partial charge is 0.126 e. The Morgan fingerprint density at radius 3 is 3.00 bits per heavy atom. The lowest BCUT2D eigenvalue weighted by Crippen LogP contribution is -2.20. The minimum absolute atomic E-state index is 0.0592. The third-order valence-electron chi connectivity index (χ3n) is 2.87. The van der Waals surface area contributed by atoms with Crippen LogP contribution < -0.4 is 5.73 Å². The number of benzene rings is 1. The zero-order valence-electron chi connectivity index (χ0n) is 7.96. The van der Waals surface area contributed by atoms with E-state index in [1.54, 1.807) is 6.07 Å². The highest BCUT2D eigenvalue weighted by molar-refractivity contribution is 5.40. The summed E-state index contributed by atoms with van der Waals surface area (Å²) in [6, 6.07) is 2.93. The molecule has 3 N–H and O–H groups in total. The Morgan fingerprint density at radius 2 is 2.29 bits per heavy atom. The van der Waals surface area contributed by atoms with Gasteiger partial charge in [-0.3, -0.25) is 0 Å². The minimum atomic E-state index is -0.188. The second-order valence-corrected chi connectivity index (χ2v) is 3.76. The number of hydrogen-bond acceptors (Lipinski definition) is 2. The first-order chi connectivity index (χ1) is 6.74. The van der Waals surface area contributed by atoms with Crippen molar-refractivity contribution in [2.24, 2.45) is 5.73 Å². The van der Waals surface area contributed by atoms with Crippen molar-refractivity contribution in [2.45, 2.75) is 31.9 Å². The second-order valence-electron chi connectivity index (χ2n) is 3.76. The highest BCUT2D eigenvalue weighted by atomic mass is 19.1. The summed E-state index contributed by atoms with van der Waals surface area (Å²) in [5.74, 6) is -0.188. The second kappa shape index (κ2) is 3.67. The lowest BCUT2D eigenvalue weighted by atomic mass is 9.85. The first kappa shape index (κ1) is 9.62. The van der Waals surface area contributed by atoms with Crippen molar-refractivity contribution in [1.82, 2.24) is 0 Å². The number of hydrogen-bond donors (Lipinski definition) is 2. The molecule has 0 aromatic heterocycles. The molecule has 0 saturated carbocycles. The standard InChI is InChI=1S/C11H14FNO/c12-9-5-4-7(6-14)11-8(9)2-1-3-10(11)13/h4-5,10,14H,1-3,6,13H2/t10-/m1/s1. The van der Waals surface area contributed by atoms with Crippen molar-refractivity contribution in [2.75, 3.05) is 0 Å². The maximum absolute atomic E-state index is 13.4. The van der Waals surface area contributed by atoms with Crippen LogP contribution in [0.1, 0.15) is 35.6 Å². The van der Waals surface area contributed by atoms with E-state index in [-0.39, 0.29) is 18.5 Å². The molecule has 0 radical (unpaired) electrons. The predicted molar refractivity (Wildman–Crippen MR) is 52.2 cm³/mol. The molecule has 0 heterocycles. The molecular weight excluding hydrogens is 181 g/mol. The van der Waals surface area contributed by atoms with Crippen LogP contribution >= 0.6 is 0 Å². The van der Waals surface area contributed by atoms with Gasteiger partial charge in [0.1, 0.15) is 5.82 Å². The number of aliphatic hydroxyl groups is 1. The summed E-state index contributed by atoms with van der Waals surface area (Å²) in [5.41, 5.74) is 8.22. The zero-order chi connectivity index (χ0) is 10.1. The average molecular weight is 195 g/mol. The third kappa shape index (κ3) is 1.42. The maximum atomic E-state index is 13.4. The van der Waals surface area contributed by atoms with Crippen LogP contribution in [0.2, 0.25) is 0 Å². The Labute approximate surface area is 82.5 Å². The fourth-order valence-corrected chi connectivity index (χ4v) is 2.18. The van der Waals surface area contributed by atoms with E-state index < -0.39 is 0 Å². The SMILES string of the molecule is N[C@@H]1CCCc2c(F)ccc(CO)c21. The Kier molecular flexibility index (Phi) is 2.52. The van der Waals surface area contributed by atoms with E-state index in [0.29, 0.717) is 5.56 Å². The molecule has 0 fully saturated rings. The average Bonchev–Trinajstić information content (AvgIpc) is 2.20. The quantitative estimate of drug-likeness (QED) is 0.715. The molecule has 0 amide bonds. The molecule has 14 heavy (non-hydrogen) atoms. The molecule has 2 rings (SSSR count). The van der Waals surface area contributed by atoms with Crippen molar-refractivity contribution in [1.29, 1.82) is 0 Å². The van der Waals surface area contributed by atoms with Gasteiger partial charge in [0.25, 0.3) is 0 Å². The number of rotatable bonds is 1. The molecule has 1 aliphatic rings. The molecule has 1 aromatic rings. The van der Waals surface area contributed by atoms with Gasteiger partial charge < -0.3 is 10.8 Å². The van der Waals surface area contributed by atoms with E-state index in [1.165, 1.54) is 6.07 Å². The number of halogens is 1. The van der Waals surface area contributed by atoms with Crippen LogP contribution in [0.15, 0.2) is 12.1 Å². The van der Waals surface area contributed by atoms with Gasteiger partial charge in [-0.25, -0.2) is 4.39 Å². The van der Waals surface area contributed by atoms with Crippen LogP contribution in [-0.4, -0.2) is 5.11 Å². The van der Waals surface area contributed by atoms with Gasteiger partial charge in [-0.2, -0.15) is 0 Å². The molecule has 2 nitrogen and oxygen atoms in total. The summed E-state index contributed by atoms with van der Waals surface area (Å²) in [7, 11) is 0. The fraction of sp³-hybridized carbons (Fsp3) is 0.455. The molecule has 76 valence electrons. The van der Waals surface area contributed by atoms with Crippen LogP contribution in [0.4, 0.5) is 4.39 Å². The molecular formula is C11H14FNO. The predicted octanol–water partition coefficient (Wildman–Crippen LogP) is 1.65. The van der Waals surface area contributed by atoms with Crippen molar-refractivity contribution >= 4 is 0 Å². The molecule has 0 aliphatic heterocycles. The minimum Gasteiger partial charge on any atom is -0.392 e. The molecule has 0 saturated heterocycles. The van der Waals surface area contributed by atoms with E-state index in [1.807, 2.05) is 0 Å². The Balaban J connectivity index is 2.58. The van der Waals surface area contributed by atoms with Crippen molar-refractivity contribution in [3.05, 3.63) is 34.6 Å². The summed E-state index contributed by atoms with van der Waals surface area (Å²) < 4.78 is 13.4. The van der Waals surface area contributed by atoms with Gasteiger partial charge in [-0.05, 0) is 42.0 Å².